The smallest absolute Gasteiger partial charge is 0.405 e. The number of hydrogen-bond acceptors (Lipinski definition) is 5. The Kier molecular flexibility index (Phi) is 2.88. The lowest BCUT2D eigenvalue weighted by Gasteiger charge is -2.19. The van der Waals surface area contributed by atoms with Gasteiger partial charge in [-0.1, -0.05) is 0 Å². The topological polar surface area (TPSA) is 94.6 Å². The standard InChI is InChI=1S/C9H12N4O3S/c1-4-6-7(17-12-4)10-3-5(11-9(15)16)8(14)13(6)2/h5,10-11H,3H2,1-2H3,(H,15,16). The van der Waals surface area contributed by atoms with Crippen LogP contribution in [0.5, 0.6) is 0 Å². The summed E-state index contributed by atoms with van der Waals surface area (Å²) in [5.74, 6) is -0.290. The summed E-state index contributed by atoms with van der Waals surface area (Å²) < 4.78 is 4.16. The van der Waals surface area contributed by atoms with Crippen LogP contribution in [-0.4, -0.2) is 41.1 Å². The van der Waals surface area contributed by atoms with E-state index in [9.17, 15) is 9.59 Å². The van der Waals surface area contributed by atoms with Crippen molar-refractivity contribution in [3.63, 3.8) is 0 Å². The summed E-state index contributed by atoms with van der Waals surface area (Å²) >= 11 is 1.26. The van der Waals surface area contributed by atoms with E-state index < -0.39 is 12.1 Å². The lowest BCUT2D eigenvalue weighted by molar-refractivity contribution is -0.119. The van der Waals surface area contributed by atoms with Crippen molar-refractivity contribution in [2.24, 2.45) is 0 Å². The number of rotatable bonds is 1. The number of nitrogens with zero attached hydrogens (tertiary/aromatic N) is 2. The molecular weight excluding hydrogens is 244 g/mol. The highest BCUT2D eigenvalue weighted by molar-refractivity contribution is 7.11. The van der Waals surface area contributed by atoms with Crippen molar-refractivity contribution >= 4 is 34.2 Å². The molecule has 92 valence electrons. The Hall–Kier alpha value is -1.83. The molecule has 1 aromatic rings. The van der Waals surface area contributed by atoms with Crippen LogP contribution in [0.2, 0.25) is 0 Å². The number of fused-ring (bicyclic) bond motifs is 1. The largest absolute Gasteiger partial charge is 0.465 e. The molecule has 0 bridgehead atoms. The van der Waals surface area contributed by atoms with Gasteiger partial charge in [-0.2, -0.15) is 4.37 Å². The fourth-order valence-electron chi connectivity index (χ4n) is 1.76. The zero-order valence-electron chi connectivity index (χ0n) is 9.35. The maximum absolute atomic E-state index is 12.0. The van der Waals surface area contributed by atoms with Gasteiger partial charge in [-0.3, -0.25) is 4.79 Å². The first-order valence-electron chi connectivity index (χ1n) is 4.98. The van der Waals surface area contributed by atoms with Crippen LogP contribution in [0.4, 0.5) is 15.5 Å². The van der Waals surface area contributed by atoms with Gasteiger partial charge < -0.3 is 20.6 Å². The highest BCUT2D eigenvalue weighted by Gasteiger charge is 2.31. The van der Waals surface area contributed by atoms with E-state index in [1.807, 2.05) is 6.92 Å². The number of aromatic nitrogens is 1. The first kappa shape index (κ1) is 11.6. The summed E-state index contributed by atoms with van der Waals surface area (Å²) in [6.07, 6.45) is -1.21. The number of anilines is 2. The van der Waals surface area contributed by atoms with Gasteiger partial charge in [0.1, 0.15) is 16.7 Å². The minimum atomic E-state index is -1.21. The third-order valence-corrected chi connectivity index (χ3v) is 3.45. The second-order valence-electron chi connectivity index (χ2n) is 3.73. The number of carbonyl (C=O) groups excluding carboxylic acids is 1. The van der Waals surface area contributed by atoms with Crippen molar-refractivity contribution in [3.8, 4) is 0 Å². The molecule has 0 spiro atoms. The van der Waals surface area contributed by atoms with Crippen LogP contribution in [0, 0.1) is 6.92 Å². The van der Waals surface area contributed by atoms with E-state index in [0.717, 1.165) is 16.4 Å². The minimum absolute atomic E-state index is 0.226. The molecule has 1 atom stereocenters. The molecule has 0 radical (unpaired) electrons. The van der Waals surface area contributed by atoms with Crippen molar-refractivity contribution in [1.82, 2.24) is 9.69 Å². The first-order valence-corrected chi connectivity index (χ1v) is 5.75. The summed E-state index contributed by atoms with van der Waals surface area (Å²) in [5.41, 5.74) is 1.47. The molecule has 3 N–H and O–H groups in total. The second kappa shape index (κ2) is 4.21. The van der Waals surface area contributed by atoms with Gasteiger partial charge in [0, 0.05) is 13.6 Å². The molecule has 1 aromatic heterocycles. The molecule has 1 unspecified atom stereocenters. The summed E-state index contributed by atoms with van der Waals surface area (Å²) in [4.78, 5) is 24.1. The minimum Gasteiger partial charge on any atom is -0.465 e. The van der Waals surface area contributed by atoms with Gasteiger partial charge in [-0.25, -0.2) is 4.79 Å². The maximum atomic E-state index is 12.0. The molecule has 0 saturated heterocycles. The van der Waals surface area contributed by atoms with Crippen LogP contribution >= 0.6 is 11.5 Å². The summed E-state index contributed by atoms with van der Waals surface area (Å²) in [6, 6.07) is -0.781. The molecule has 17 heavy (non-hydrogen) atoms. The Labute approximate surface area is 102 Å². The molecule has 0 saturated carbocycles. The Morgan fingerprint density at radius 1 is 1.71 bits per heavy atom. The molecule has 2 heterocycles. The molecule has 7 nitrogen and oxygen atoms in total. The van der Waals surface area contributed by atoms with Crippen LogP contribution in [0.25, 0.3) is 0 Å². The van der Waals surface area contributed by atoms with Gasteiger partial charge in [0.05, 0.1) is 5.69 Å². The number of amides is 2. The zero-order chi connectivity index (χ0) is 12.6. The highest BCUT2D eigenvalue weighted by Crippen LogP contribution is 2.34. The molecule has 2 rings (SSSR count). The normalized spacial score (nSPS) is 19.3. The van der Waals surface area contributed by atoms with Crippen molar-refractivity contribution in [2.45, 2.75) is 13.0 Å². The van der Waals surface area contributed by atoms with Crippen LogP contribution < -0.4 is 15.5 Å². The molecule has 1 aliphatic rings. The van der Waals surface area contributed by atoms with E-state index in [1.54, 1.807) is 7.05 Å². The van der Waals surface area contributed by atoms with Crippen LogP contribution in [0.3, 0.4) is 0 Å². The predicted molar refractivity (Wildman–Crippen MR) is 63.7 cm³/mol. The molecular formula is C9H12N4O3S. The van der Waals surface area contributed by atoms with Crippen LogP contribution in [0.1, 0.15) is 5.69 Å². The van der Waals surface area contributed by atoms with Crippen LogP contribution in [-0.2, 0) is 4.79 Å². The fourth-order valence-corrected chi connectivity index (χ4v) is 2.60. The zero-order valence-corrected chi connectivity index (χ0v) is 10.2. The predicted octanol–water partition coefficient (Wildman–Crippen LogP) is 0.476. The number of hydrogen-bond donors (Lipinski definition) is 3. The molecule has 8 heteroatoms. The van der Waals surface area contributed by atoms with Crippen molar-refractivity contribution in [2.75, 3.05) is 23.8 Å². The van der Waals surface area contributed by atoms with Gasteiger partial charge in [-0.05, 0) is 18.5 Å². The molecule has 2 amide bonds. The maximum Gasteiger partial charge on any atom is 0.405 e. The quantitative estimate of drug-likeness (QED) is 0.679. The summed E-state index contributed by atoms with van der Waals surface area (Å²) in [6.45, 7) is 2.04. The Balaban J connectivity index is 2.30. The molecule has 0 aromatic carbocycles. The van der Waals surface area contributed by atoms with E-state index in [-0.39, 0.29) is 12.5 Å². The van der Waals surface area contributed by atoms with Gasteiger partial charge in [0.15, 0.2) is 0 Å². The van der Waals surface area contributed by atoms with Crippen molar-refractivity contribution in [1.29, 1.82) is 0 Å². The average Bonchev–Trinajstić information content (AvgIpc) is 2.58. The lowest BCUT2D eigenvalue weighted by atomic mass is 10.2. The first-order chi connectivity index (χ1) is 8.00. The van der Waals surface area contributed by atoms with E-state index in [2.05, 4.69) is 15.0 Å². The van der Waals surface area contributed by atoms with Crippen LogP contribution in [0.15, 0.2) is 0 Å². The van der Waals surface area contributed by atoms with E-state index >= 15 is 0 Å². The second-order valence-corrected chi connectivity index (χ2v) is 4.50. The third-order valence-electron chi connectivity index (χ3n) is 2.56. The number of nitrogens with one attached hydrogen (secondary N) is 2. The van der Waals surface area contributed by atoms with Gasteiger partial charge in [0.25, 0.3) is 5.91 Å². The third kappa shape index (κ3) is 2.03. The molecule has 1 aliphatic heterocycles. The van der Waals surface area contributed by atoms with E-state index in [0.29, 0.717) is 0 Å². The Morgan fingerprint density at radius 3 is 3.06 bits per heavy atom. The number of carbonyl (C=O) groups is 2. The molecule has 0 aliphatic carbocycles. The fraction of sp³-hybridized carbons (Fsp3) is 0.444. The van der Waals surface area contributed by atoms with Crippen molar-refractivity contribution < 1.29 is 14.7 Å². The lowest BCUT2D eigenvalue weighted by Crippen LogP contribution is -2.49. The SMILES string of the molecule is Cc1nsc2c1N(C)C(=O)C(NC(=O)O)CN2. The number of likely N-dealkylation sites (N-methyl/N-ethyl adjacent to an activating group) is 1. The van der Waals surface area contributed by atoms with Gasteiger partial charge in [-0.15, -0.1) is 0 Å². The summed E-state index contributed by atoms with van der Waals surface area (Å²) in [7, 11) is 1.62. The monoisotopic (exact) mass is 256 g/mol. The summed E-state index contributed by atoms with van der Waals surface area (Å²) in [5, 5.41) is 14.7. The van der Waals surface area contributed by atoms with Crippen molar-refractivity contribution in [3.05, 3.63) is 5.69 Å². The average molecular weight is 256 g/mol. The molecule has 0 fully saturated rings. The Morgan fingerprint density at radius 2 is 2.41 bits per heavy atom. The number of carboxylic acid groups (broad SMARTS) is 1. The van der Waals surface area contributed by atoms with E-state index in [4.69, 9.17) is 5.11 Å². The van der Waals surface area contributed by atoms with Gasteiger partial charge >= 0.3 is 6.09 Å². The van der Waals surface area contributed by atoms with E-state index in [1.165, 1.54) is 16.4 Å². The highest BCUT2D eigenvalue weighted by atomic mass is 32.1. The number of aryl methyl sites for hydroxylation is 1. The van der Waals surface area contributed by atoms with Gasteiger partial charge in [0.2, 0.25) is 0 Å². The Bertz CT molecular complexity index is 473.